The van der Waals surface area contributed by atoms with Crippen LogP contribution in [0.25, 0.3) is 0 Å². The summed E-state index contributed by atoms with van der Waals surface area (Å²) in [6.45, 7) is 2.49. The first-order valence-corrected chi connectivity index (χ1v) is 2.93. The summed E-state index contributed by atoms with van der Waals surface area (Å²) in [7, 11) is 0. The van der Waals surface area contributed by atoms with Crippen LogP contribution in [0.2, 0.25) is 0 Å². The number of ether oxygens (including phenoxy) is 1. The Labute approximate surface area is 63.4 Å². The first-order valence-electron chi connectivity index (χ1n) is 2.93. The molecule has 11 heavy (non-hydrogen) atoms. The summed E-state index contributed by atoms with van der Waals surface area (Å²) in [6.07, 6.45) is -3.98. The number of hydrogen-bond acceptors (Lipinski definition) is 6. The van der Waals surface area contributed by atoms with Crippen molar-refractivity contribution in [1.29, 1.82) is 0 Å². The molecule has 0 saturated carbocycles. The van der Waals surface area contributed by atoms with E-state index in [1.807, 2.05) is 0 Å². The Morgan fingerprint density at radius 3 is 2.27 bits per heavy atom. The minimum atomic E-state index is -3.02. The van der Waals surface area contributed by atoms with Crippen LogP contribution >= 0.6 is 0 Å². The fourth-order valence-electron chi connectivity index (χ4n) is 0.551. The molecule has 0 bridgehead atoms. The molecule has 0 aromatic carbocycles. The zero-order chi connectivity index (χ0) is 9.07. The number of carbonyl (C=O) groups excluding carboxylic acids is 1. The van der Waals surface area contributed by atoms with E-state index >= 15 is 0 Å². The number of nitrogens with one attached hydrogen (secondary N) is 1. The van der Waals surface area contributed by atoms with Crippen LogP contribution in [0, 0.1) is 0 Å². The van der Waals surface area contributed by atoms with Gasteiger partial charge in [-0.05, 0) is 6.92 Å². The van der Waals surface area contributed by atoms with Crippen LogP contribution in [0.4, 0.5) is 0 Å². The van der Waals surface area contributed by atoms with Gasteiger partial charge in [0, 0.05) is 6.92 Å². The number of carbonyl (C=O) groups is 1. The molecule has 0 saturated heterocycles. The fraction of sp³-hybridized carbons (Fsp3) is 0.800. The molecule has 0 spiro atoms. The van der Waals surface area contributed by atoms with Crippen LogP contribution < -0.4 is 5.32 Å². The molecule has 0 fully saturated rings. The lowest BCUT2D eigenvalue weighted by molar-refractivity contribution is -0.342. The number of rotatable bonds is 3. The van der Waals surface area contributed by atoms with Gasteiger partial charge in [-0.1, -0.05) is 0 Å². The Morgan fingerprint density at radius 2 is 2.00 bits per heavy atom. The molecule has 0 aromatic rings. The van der Waals surface area contributed by atoms with Crippen molar-refractivity contribution < 1.29 is 24.9 Å². The molecule has 0 aliphatic rings. The van der Waals surface area contributed by atoms with Gasteiger partial charge in [0.2, 0.25) is 0 Å². The van der Waals surface area contributed by atoms with Gasteiger partial charge in [-0.2, -0.15) is 0 Å². The third-order valence-electron chi connectivity index (χ3n) is 0.740. The number of hydrogen-bond donors (Lipinski definition) is 4. The minimum absolute atomic E-state index is 0.589. The molecule has 0 rings (SSSR count). The third kappa shape index (κ3) is 7.20. The smallest absolute Gasteiger partial charge is 0.346 e. The normalized spacial score (nSPS) is 14.3. The SMILES string of the molecule is CC(=O)OC(C)NC(O)(O)O. The van der Waals surface area contributed by atoms with E-state index in [1.54, 1.807) is 5.32 Å². The van der Waals surface area contributed by atoms with Gasteiger partial charge in [0.05, 0.1) is 0 Å². The highest BCUT2D eigenvalue weighted by atomic mass is 16.7. The molecule has 66 valence electrons. The van der Waals surface area contributed by atoms with Crippen LogP contribution in [-0.4, -0.2) is 33.6 Å². The predicted octanol–water partition coefficient (Wildman–Crippen LogP) is -1.93. The van der Waals surface area contributed by atoms with Crippen LogP contribution in [0.1, 0.15) is 13.8 Å². The Balaban J connectivity index is 3.69. The topological polar surface area (TPSA) is 99.0 Å². The van der Waals surface area contributed by atoms with Crippen molar-refractivity contribution >= 4 is 5.97 Å². The molecule has 0 amide bonds. The second-order valence-electron chi connectivity index (χ2n) is 2.03. The highest BCUT2D eigenvalue weighted by Gasteiger charge is 2.21. The highest BCUT2D eigenvalue weighted by molar-refractivity contribution is 5.66. The maximum atomic E-state index is 10.2. The van der Waals surface area contributed by atoms with E-state index in [9.17, 15) is 4.79 Å². The Morgan fingerprint density at radius 1 is 1.55 bits per heavy atom. The van der Waals surface area contributed by atoms with E-state index in [-0.39, 0.29) is 0 Å². The Bertz CT molecular complexity index is 140. The Hall–Kier alpha value is -0.690. The molecule has 1 atom stereocenters. The van der Waals surface area contributed by atoms with Crippen molar-refractivity contribution in [1.82, 2.24) is 5.32 Å². The van der Waals surface area contributed by atoms with E-state index in [0.29, 0.717) is 0 Å². The van der Waals surface area contributed by atoms with E-state index in [1.165, 1.54) is 6.92 Å². The molecule has 0 aliphatic heterocycles. The molecular weight excluding hydrogens is 154 g/mol. The van der Waals surface area contributed by atoms with Crippen LogP contribution in [0.5, 0.6) is 0 Å². The quantitative estimate of drug-likeness (QED) is 0.287. The summed E-state index contributed by atoms with van der Waals surface area (Å²) >= 11 is 0. The average Bonchev–Trinajstić information content (AvgIpc) is 1.53. The summed E-state index contributed by atoms with van der Waals surface area (Å²) < 4.78 is 4.40. The van der Waals surface area contributed by atoms with E-state index < -0.39 is 18.3 Å². The first kappa shape index (κ1) is 10.3. The van der Waals surface area contributed by atoms with Crippen LogP contribution in [-0.2, 0) is 9.53 Å². The van der Waals surface area contributed by atoms with Crippen LogP contribution in [0.15, 0.2) is 0 Å². The monoisotopic (exact) mass is 165 g/mol. The van der Waals surface area contributed by atoms with Crippen LogP contribution in [0.3, 0.4) is 0 Å². The summed E-state index contributed by atoms with van der Waals surface area (Å²) in [5, 5.41) is 26.7. The maximum absolute atomic E-state index is 10.2. The third-order valence-corrected chi connectivity index (χ3v) is 0.740. The van der Waals surface area contributed by atoms with E-state index in [4.69, 9.17) is 15.3 Å². The molecule has 0 aliphatic carbocycles. The second-order valence-corrected chi connectivity index (χ2v) is 2.03. The van der Waals surface area contributed by atoms with Gasteiger partial charge in [-0.25, -0.2) is 5.32 Å². The lowest BCUT2D eigenvalue weighted by Crippen LogP contribution is -2.50. The molecule has 0 heterocycles. The zero-order valence-corrected chi connectivity index (χ0v) is 6.24. The van der Waals surface area contributed by atoms with Crippen molar-refractivity contribution in [3.63, 3.8) is 0 Å². The van der Waals surface area contributed by atoms with Crippen molar-refractivity contribution in [2.75, 3.05) is 0 Å². The van der Waals surface area contributed by atoms with Gasteiger partial charge in [0.1, 0.15) is 0 Å². The van der Waals surface area contributed by atoms with Crippen molar-refractivity contribution in [3.05, 3.63) is 0 Å². The fourth-order valence-corrected chi connectivity index (χ4v) is 0.551. The summed E-state index contributed by atoms with van der Waals surface area (Å²) in [6, 6.07) is 0. The largest absolute Gasteiger partial charge is 0.447 e. The molecule has 4 N–H and O–H groups in total. The lowest BCUT2D eigenvalue weighted by Gasteiger charge is -2.20. The van der Waals surface area contributed by atoms with E-state index in [2.05, 4.69) is 4.74 Å². The highest BCUT2D eigenvalue weighted by Crippen LogP contribution is 1.92. The minimum Gasteiger partial charge on any atom is -0.447 e. The van der Waals surface area contributed by atoms with Gasteiger partial charge in [0.25, 0.3) is 0 Å². The summed E-state index contributed by atoms with van der Waals surface area (Å²) in [5.74, 6) is -0.589. The average molecular weight is 165 g/mol. The second kappa shape index (κ2) is 3.63. The lowest BCUT2D eigenvalue weighted by atomic mass is 10.6. The molecule has 1 unspecified atom stereocenters. The van der Waals surface area contributed by atoms with E-state index in [0.717, 1.165) is 6.92 Å². The molecular formula is C5H11NO5. The van der Waals surface area contributed by atoms with Crippen molar-refractivity contribution in [2.45, 2.75) is 26.2 Å². The standard InChI is InChI=1S/C5H11NO5/c1-3(11-4(2)7)6-5(8,9)10/h3,6,8-10H,1-2H3. The first-order chi connectivity index (χ1) is 4.81. The van der Waals surface area contributed by atoms with Gasteiger partial charge in [-0.3, -0.25) is 4.79 Å². The molecule has 6 nitrogen and oxygen atoms in total. The summed E-state index contributed by atoms with van der Waals surface area (Å²) in [4.78, 5) is 10.2. The number of aliphatic hydroxyl groups is 3. The van der Waals surface area contributed by atoms with Gasteiger partial charge in [0.15, 0.2) is 6.23 Å². The predicted molar refractivity (Wildman–Crippen MR) is 33.8 cm³/mol. The van der Waals surface area contributed by atoms with Crippen molar-refractivity contribution in [3.8, 4) is 0 Å². The zero-order valence-electron chi connectivity index (χ0n) is 6.24. The van der Waals surface area contributed by atoms with Gasteiger partial charge in [-0.15, -0.1) is 0 Å². The Kier molecular flexibility index (Phi) is 3.40. The van der Waals surface area contributed by atoms with Gasteiger partial charge >= 0.3 is 12.1 Å². The van der Waals surface area contributed by atoms with Crippen molar-refractivity contribution in [2.24, 2.45) is 0 Å². The molecule has 0 aromatic heterocycles. The molecule has 6 heteroatoms. The summed E-state index contributed by atoms with van der Waals surface area (Å²) in [5.41, 5.74) is 0. The molecule has 0 radical (unpaired) electrons. The maximum Gasteiger partial charge on any atom is 0.346 e. The van der Waals surface area contributed by atoms with Gasteiger partial charge < -0.3 is 20.1 Å². The number of esters is 1.